The molecule has 0 bridgehead atoms. The van der Waals surface area contributed by atoms with E-state index >= 15 is 0 Å². The number of aryl methyl sites for hydroxylation is 2. The van der Waals surface area contributed by atoms with Crippen molar-refractivity contribution in [2.75, 3.05) is 0 Å². The molecule has 0 unspecified atom stereocenters. The van der Waals surface area contributed by atoms with Gasteiger partial charge >= 0.3 is 0 Å². The zero-order valence-electron chi connectivity index (χ0n) is 8.63. The van der Waals surface area contributed by atoms with Crippen molar-refractivity contribution in [1.29, 1.82) is 5.26 Å². The Morgan fingerprint density at radius 1 is 1.38 bits per heavy atom. The average molecular weight is 235 g/mol. The first-order chi connectivity index (χ1) is 7.54. The number of pyridine rings is 1. The molecule has 2 rings (SSSR count). The van der Waals surface area contributed by atoms with Crippen molar-refractivity contribution in [2.24, 2.45) is 0 Å². The summed E-state index contributed by atoms with van der Waals surface area (Å²) in [4.78, 5) is 22.4. The minimum Gasteiger partial charge on any atom is -0.310 e. The summed E-state index contributed by atoms with van der Waals surface area (Å²) in [5.74, 6) is 0.480. The molecule has 2 heterocycles. The molecular weight excluding hydrogens is 228 g/mol. The Morgan fingerprint density at radius 2 is 2.06 bits per heavy atom. The van der Waals surface area contributed by atoms with Crippen molar-refractivity contribution in [1.82, 2.24) is 15.0 Å². The molecule has 2 aromatic heterocycles. The van der Waals surface area contributed by atoms with Crippen LogP contribution in [0.3, 0.4) is 0 Å². The minimum atomic E-state index is -0.369. The lowest BCUT2D eigenvalue weighted by atomic mass is 10.1. The maximum absolute atomic E-state index is 11.8. The summed E-state index contributed by atoms with van der Waals surface area (Å²) in [6.45, 7) is 3.36. The van der Waals surface area contributed by atoms with Crippen LogP contribution in [0.1, 0.15) is 17.1 Å². The molecule has 16 heavy (non-hydrogen) atoms. The van der Waals surface area contributed by atoms with E-state index < -0.39 is 0 Å². The number of nitrogens with zero attached hydrogens (tertiary/aromatic N) is 3. The van der Waals surface area contributed by atoms with Crippen molar-refractivity contribution in [3.05, 3.63) is 32.6 Å². The number of rotatable bonds is 0. The van der Waals surface area contributed by atoms with Crippen LogP contribution in [0.15, 0.2) is 4.79 Å². The molecule has 0 aliphatic rings. The summed E-state index contributed by atoms with van der Waals surface area (Å²) in [6, 6.07) is 1.87. The van der Waals surface area contributed by atoms with Crippen molar-refractivity contribution < 1.29 is 0 Å². The molecule has 0 saturated carbocycles. The van der Waals surface area contributed by atoms with Gasteiger partial charge < -0.3 is 4.98 Å². The van der Waals surface area contributed by atoms with E-state index in [1.54, 1.807) is 13.8 Å². The Labute approximate surface area is 95.7 Å². The normalized spacial score (nSPS) is 10.4. The lowest BCUT2D eigenvalue weighted by molar-refractivity contribution is 1.04. The van der Waals surface area contributed by atoms with Gasteiger partial charge in [-0.1, -0.05) is 11.6 Å². The van der Waals surface area contributed by atoms with E-state index in [0.717, 1.165) is 0 Å². The standard InChI is InChI=1S/C10H7ClN4O/c1-4-8-7(6(3-12)9(11)13-4)10(16)15-5(2)14-8/h1-2H3,(H,14,15,16). The van der Waals surface area contributed by atoms with Gasteiger partial charge in [0.15, 0.2) is 0 Å². The zero-order valence-corrected chi connectivity index (χ0v) is 9.38. The molecule has 0 aliphatic heterocycles. The summed E-state index contributed by atoms with van der Waals surface area (Å²) in [5, 5.41) is 9.18. The monoisotopic (exact) mass is 234 g/mol. The molecule has 1 N–H and O–H groups in total. The first-order valence-electron chi connectivity index (χ1n) is 4.51. The third-order valence-corrected chi connectivity index (χ3v) is 2.49. The first kappa shape index (κ1) is 10.6. The van der Waals surface area contributed by atoms with Gasteiger partial charge in [-0.2, -0.15) is 5.26 Å². The van der Waals surface area contributed by atoms with Crippen LogP contribution in [0.25, 0.3) is 10.9 Å². The van der Waals surface area contributed by atoms with Crippen molar-refractivity contribution in [3.63, 3.8) is 0 Å². The minimum absolute atomic E-state index is 0.0312. The fourth-order valence-corrected chi connectivity index (χ4v) is 1.80. The Morgan fingerprint density at radius 3 is 2.69 bits per heavy atom. The highest BCUT2D eigenvalue weighted by atomic mass is 35.5. The summed E-state index contributed by atoms with van der Waals surface area (Å²) >= 11 is 5.81. The van der Waals surface area contributed by atoms with Gasteiger partial charge in [-0.25, -0.2) is 9.97 Å². The largest absolute Gasteiger partial charge is 0.310 e. The highest BCUT2D eigenvalue weighted by Crippen LogP contribution is 2.21. The summed E-state index contributed by atoms with van der Waals surface area (Å²) in [7, 11) is 0. The molecule has 0 radical (unpaired) electrons. The van der Waals surface area contributed by atoms with Crippen LogP contribution in [-0.2, 0) is 0 Å². The van der Waals surface area contributed by atoms with Crippen molar-refractivity contribution >= 4 is 22.5 Å². The molecule has 0 saturated heterocycles. The van der Waals surface area contributed by atoms with Crippen LogP contribution in [0.4, 0.5) is 0 Å². The topological polar surface area (TPSA) is 82.4 Å². The number of hydrogen-bond donors (Lipinski definition) is 1. The second kappa shape index (κ2) is 3.58. The SMILES string of the molecule is Cc1nc2c(C)nc(Cl)c(C#N)c2c(=O)[nH]1. The fourth-order valence-electron chi connectivity index (χ4n) is 1.54. The third kappa shape index (κ3) is 1.44. The Bertz CT molecular complexity index is 684. The molecule has 0 atom stereocenters. The van der Waals surface area contributed by atoms with E-state index in [2.05, 4.69) is 15.0 Å². The van der Waals surface area contributed by atoms with Gasteiger partial charge in [-0.15, -0.1) is 0 Å². The number of fused-ring (bicyclic) bond motifs is 1. The van der Waals surface area contributed by atoms with Gasteiger partial charge in [0.25, 0.3) is 5.56 Å². The lowest BCUT2D eigenvalue weighted by Crippen LogP contribution is -2.13. The molecule has 6 heteroatoms. The van der Waals surface area contributed by atoms with E-state index in [-0.39, 0.29) is 21.7 Å². The Hall–Kier alpha value is -1.93. The van der Waals surface area contributed by atoms with E-state index in [0.29, 0.717) is 17.0 Å². The van der Waals surface area contributed by atoms with E-state index in [1.165, 1.54) is 0 Å². The van der Waals surface area contributed by atoms with Crippen LogP contribution < -0.4 is 5.56 Å². The predicted octanol–water partition coefficient (Wildman–Crippen LogP) is 1.46. The van der Waals surface area contributed by atoms with E-state index in [9.17, 15) is 4.79 Å². The molecule has 2 aromatic rings. The number of aromatic nitrogens is 3. The first-order valence-corrected chi connectivity index (χ1v) is 4.89. The Kier molecular flexibility index (Phi) is 2.37. The lowest BCUT2D eigenvalue weighted by Gasteiger charge is -2.04. The molecule has 0 fully saturated rings. The Balaban J connectivity index is 3.14. The number of nitriles is 1. The van der Waals surface area contributed by atoms with Gasteiger partial charge in [-0.05, 0) is 13.8 Å². The van der Waals surface area contributed by atoms with E-state index in [1.807, 2.05) is 6.07 Å². The van der Waals surface area contributed by atoms with Gasteiger partial charge in [0.1, 0.15) is 28.1 Å². The molecule has 0 amide bonds. The van der Waals surface area contributed by atoms with Crippen LogP contribution in [-0.4, -0.2) is 15.0 Å². The number of halogens is 1. The number of H-pyrrole nitrogens is 1. The van der Waals surface area contributed by atoms with Crippen LogP contribution in [0, 0.1) is 25.2 Å². The average Bonchev–Trinajstić information content (AvgIpc) is 2.20. The van der Waals surface area contributed by atoms with Gasteiger partial charge in [0.2, 0.25) is 0 Å². The second-order valence-electron chi connectivity index (χ2n) is 3.35. The summed E-state index contributed by atoms with van der Waals surface area (Å²) in [5.41, 5.74) is 0.651. The smallest absolute Gasteiger partial charge is 0.260 e. The van der Waals surface area contributed by atoms with Crippen LogP contribution >= 0.6 is 11.6 Å². The molecule has 0 aromatic carbocycles. The highest BCUT2D eigenvalue weighted by molar-refractivity contribution is 6.31. The van der Waals surface area contributed by atoms with Crippen LogP contribution in [0.5, 0.6) is 0 Å². The van der Waals surface area contributed by atoms with E-state index in [4.69, 9.17) is 16.9 Å². The number of hydrogen-bond acceptors (Lipinski definition) is 4. The second-order valence-corrected chi connectivity index (χ2v) is 3.71. The fraction of sp³-hybridized carbons (Fsp3) is 0.200. The summed E-state index contributed by atoms with van der Waals surface area (Å²) < 4.78 is 0. The highest BCUT2D eigenvalue weighted by Gasteiger charge is 2.14. The molecule has 0 spiro atoms. The quantitative estimate of drug-likeness (QED) is 0.700. The molecule has 0 aliphatic carbocycles. The maximum atomic E-state index is 11.8. The number of aromatic amines is 1. The molecule has 5 nitrogen and oxygen atoms in total. The maximum Gasteiger partial charge on any atom is 0.260 e. The van der Waals surface area contributed by atoms with Crippen LogP contribution in [0.2, 0.25) is 5.15 Å². The third-order valence-electron chi connectivity index (χ3n) is 2.21. The van der Waals surface area contributed by atoms with Crippen molar-refractivity contribution in [2.45, 2.75) is 13.8 Å². The van der Waals surface area contributed by atoms with Gasteiger partial charge in [-0.3, -0.25) is 4.79 Å². The van der Waals surface area contributed by atoms with Gasteiger partial charge in [0, 0.05) is 0 Å². The number of nitrogens with one attached hydrogen (secondary N) is 1. The molecular formula is C10H7ClN4O. The predicted molar refractivity (Wildman–Crippen MR) is 59.4 cm³/mol. The zero-order chi connectivity index (χ0) is 11.9. The molecule has 80 valence electrons. The summed E-state index contributed by atoms with van der Waals surface area (Å²) in [6.07, 6.45) is 0. The van der Waals surface area contributed by atoms with Crippen molar-refractivity contribution in [3.8, 4) is 6.07 Å². The van der Waals surface area contributed by atoms with Gasteiger partial charge in [0.05, 0.1) is 11.1 Å².